The van der Waals surface area contributed by atoms with Crippen molar-refractivity contribution in [1.82, 2.24) is 9.03 Å². The summed E-state index contributed by atoms with van der Waals surface area (Å²) in [6, 6.07) is 0. The first kappa shape index (κ1) is 13.4. The van der Waals surface area contributed by atoms with Gasteiger partial charge in [0.05, 0.1) is 26.2 Å². The van der Waals surface area contributed by atoms with Crippen LogP contribution >= 0.6 is 0 Å². The SMILES string of the molecule is CNS(=O)(=O)N1CCOC(CC(=O)OC)C1. The molecule has 1 heterocycles. The van der Waals surface area contributed by atoms with Crippen LogP contribution in [-0.4, -0.2) is 58.7 Å². The number of hydrogen-bond donors (Lipinski definition) is 1. The van der Waals surface area contributed by atoms with Crippen LogP contribution in [0, 0.1) is 0 Å². The highest BCUT2D eigenvalue weighted by Crippen LogP contribution is 2.11. The van der Waals surface area contributed by atoms with E-state index in [9.17, 15) is 13.2 Å². The first-order valence-corrected chi connectivity index (χ1v) is 6.30. The van der Waals surface area contributed by atoms with Gasteiger partial charge in [-0.1, -0.05) is 0 Å². The molecule has 7 nitrogen and oxygen atoms in total. The quantitative estimate of drug-likeness (QED) is 0.630. The zero-order valence-electron chi connectivity index (χ0n) is 9.30. The second-order valence-corrected chi connectivity index (χ2v) is 5.22. The zero-order valence-corrected chi connectivity index (χ0v) is 10.1. The Labute approximate surface area is 94.9 Å². The van der Waals surface area contributed by atoms with Crippen LogP contribution in [0.5, 0.6) is 0 Å². The maximum atomic E-state index is 11.5. The van der Waals surface area contributed by atoms with Crippen LogP contribution in [0.2, 0.25) is 0 Å². The van der Waals surface area contributed by atoms with Gasteiger partial charge in [0.15, 0.2) is 0 Å². The molecule has 8 heteroatoms. The van der Waals surface area contributed by atoms with Crippen molar-refractivity contribution in [2.24, 2.45) is 0 Å². The highest BCUT2D eigenvalue weighted by molar-refractivity contribution is 7.87. The Hall–Kier alpha value is -0.700. The summed E-state index contributed by atoms with van der Waals surface area (Å²) in [5.41, 5.74) is 0. The van der Waals surface area contributed by atoms with Gasteiger partial charge in [-0.25, -0.2) is 4.72 Å². The van der Waals surface area contributed by atoms with Gasteiger partial charge in [-0.3, -0.25) is 4.79 Å². The summed E-state index contributed by atoms with van der Waals surface area (Å²) >= 11 is 0. The smallest absolute Gasteiger partial charge is 0.308 e. The third-order valence-electron chi connectivity index (χ3n) is 2.32. The van der Waals surface area contributed by atoms with E-state index in [2.05, 4.69) is 9.46 Å². The minimum Gasteiger partial charge on any atom is -0.469 e. The molecule has 0 aromatic heterocycles. The number of carbonyl (C=O) groups excluding carboxylic acids is 1. The normalized spacial score (nSPS) is 23.0. The predicted molar refractivity (Wildman–Crippen MR) is 55.9 cm³/mol. The topological polar surface area (TPSA) is 84.9 Å². The lowest BCUT2D eigenvalue weighted by Gasteiger charge is -2.31. The number of hydrogen-bond acceptors (Lipinski definition) is 5. The fraction of sp³-hybridized carbons (Fsp3) is 0.875. The Bertz CT molecular complexity index is 342. The van der Waals surface area contributed by atoms with Gasteiger partial charge >= 0.3 is 5.97 Å². The molecule has 0 aliphatic carbocycles. The molecular weight excluding hydrogens is 236 g/mol. The van der Waals surface area contributed by atoms with Crippen molar-refractivity contribution in [2.75, 3.05) is 33.9 Å². The van der Waals surface area contributed by atoms with Crippen molar-refractivity contribution in [1.29, 1.82) is 0 Å². The van der Waals surface area contributed by atoms with Crippen molar-refractivity contribution < 1.29 is 22.7 Å². The molecule has 1 saturated heterocycles. The van der Waals surface area contributed by atoms with Crippen LogP contribution in [0.25, 0.3) is 0 Å². The third kappa shape index (κ3) is 3.41. The number of esters is 1. The van der Waals surface area contributed by atoms with E-state index in [0.29, 0.717) is 6.54 Å². The molecule has 1 N–H and O–H groups in total. The first-order chi connectivity index (χ1) is 7.49. The molecule has 0 amide bonds. The fourth-order valence-corrected chi connectivity index (χ4v) is 2.37. The molecule has 1 aliphatic rings. The standard InChI is InChI=1S/C8H16N2O5S/c1-9-16(12,13)10-3-4-15-7(6-10)5-8(11)14-2/h7,9H,3-6H2,1-2H3. The number of morpholine rings is 1. The Morgan fingerprint density at radius 3 is 2.88 bits per heavy atom. The summed E-state index contributed by atoms with van der Waals surface area (Å²) in [5.74, 6) is -0.409. The van der Waals surface area contributed by atoms with Gasteiger partial charge in [0.1, 0.15) is 0 Å². The minimum atomic E-state index is -3.45. The molecule has 1 aliphatic heterocycles. The number of methoxy groups -OCH3 is 1. The largest absolute Gasteiger partial charge is 0.469 e. The maximum Gasteiger partial charge on any atom is 0.308 e. The highest BCUT2D eigenvalue weighted by Gasteiger charge is 2.29. The van der Waals surface area contributed by atoms with Gasteiger partial charge in [-0.05, 0) is 0 Å². The van der Waals surface area contributed by atoms with Gasteiger partial charge in [-0.15, -0.1) is 0 Å². The second-order valence-electron chi connectivity index (χ2n) is 3.34. The van der Waals surface area contributed by atoms with Crippen molar-refractivity contribution in [3.8, 4) is 0 Å². The average Bonchev–Trinajstić information content (AvgIpc) is 2.29. The van der Waals surface area contributed by atoms with Crippen LogP contribution in [-0.2, 0) is 24.5 Å². The maximum absolute atomic E-state index is 11.5. The van der Waals surface area contributed by atoms with E-state index in [1.807, 2.05) is 0 Å². The lowest BCUT2D eigenvalue weighted by Crippen LogP contribution is -2.49. The summed E-state index contributed by atoms with van der Waals surface area (Å²) in [5, 5.41) is 0. The predicted octanol–water partition coefficient (Wildman–Crippen LogP) is -1.29. The van der Waals surface area contributed by atoms with Crippen LogP contribution in [0.3, 0.4) is 0 Å². The molecule has 1 fully saturated rings. The highest BCUT2D eigenvalue weighted by atomic mass is 32.2. The van der Waals surface area contributed by atoms with Crippen molar-refractivity contribution in [3.05, 3.63) is 0 Å². The number of rotatable bonds is 4. The molecule has 0 spiro atoms. The van der Waals surface area contributed by atoms with E-state index in [1.54, 1.807) is 0 Å². The molecule has 0 bridgehead atoms. The Kier molecular flexibility index (Phi) is 4.66. The van der Waals surface area contributed by atoms with Crippen LogP contribution in [0.4, 0.5) is 0 Å². The zero-order chi connectivity index (χ0) is 12.2. The van der Waals surface area contributed by atoms with Gasteiger partial charge in [0, 0.05) is 20.1 Å². The summed E-state index contributed by atoms with van der Waals surface area (Å²) in [4.78, 5) is 11.0. The summed E-state index contributed by atoms with van der Waals surface area (Å²) in [7, 11) is -0.813. The van der Waals surface area contributed by atoms with Crippen LogP contribution in [0.1, 0.15) is 6.42 Å². The Morgan fingerprint density at radius 1 is 1.62 bits per heavy atom. The van der Waals surface area contributed by atoms with Gasteiger partial charge in [0.2, 0.25) is 0 Å². The second kappa shape index (κ2) is 5.58. The molecule has 0 aromatic rings. The lowest BCUT2D eigenvalue weighted by molar-refractivity contribution is -0.145. The van der Waals surface area contributed by atoms with E-state index >= 15 is 0 Å². The van der Waals surface area contributed by atoms with E-state index in [-0.39, 0.29) is 19.6 Å². The van der Waals surface area contributed by atoms with Crippen molar-refractivity contribution in [2.45, 2.75) is 12.5 Å². The molecule has 1 atom stereocenters. The molecule has 0 aromatic carbocycles. The number of nitrogens with zero attached hydrogens (tertiary/aromatic N) is 1. The van der Waals surface area contributed by atoms with Crippen molar-refractivity contribution in [3.63, 3.8) is 0 Å². The molecule has 1 unspecified atom stereocenters. The number of nitrogens with one attached hydrogen (secondary N) is 1. The van der Waals surface area contributed by atoms with Crippen molar-refractivity contribution >= 4 is 16.2 Å². The van der Waals surface area contributed by atoms with Gasteiger partial charge in [0.25, 0.3) is 10.2 Å². The summed E-state index contributed by atoms with van der Waals surface area (Å²) in [6.07, 6.45) is -0.379. The number of carbonyl (C=O) groups is 1. The van der Waals surface area contributed by atoms with Gasteiger partial charge in [-0.2, -0.15) is 12.7 Å². The Morgan fingerprint density at radius 2 is 2.31 bits per heavy atom. The van der Waals surface area contributed by atoms with Crippen LogP contribution < -0.4 is 4.72 Å². The van der Waals surface area contributed by atoms with E-state index in [0.717, 1.165) is 0 Å². The number of ether oxygens (including phenoxy) is 2. The van der Waals surface area contributed by atoms with E-state index in [1.165, 1.54) is 18.5 Å². The monoisotopic (exact) mass is 252 g/mol. The summed E-state index contributed by atoms with van der Waals surface area (Å²) in [6.45, 7) is 0.738. The fourth-order valence-electron chi connectivity index (χ4n) is 1.43. The van der Waals surface area contributed by atoms with Gasteiger partial charge < -0.3 is 9.47 Å². The molecule has 94 valence electrons. The van der Waals surface area contributed by atoms with E-state index < -0.39 is 22.3 Å². The van der Waals surface area contributed by atoms with E-state index in [4.69, 9.17) is 4.74 Å². The average molecular weight is 252 g/mol. The molecule has 16 heavy (non-hydrogen) atoms. The molecule has 0 radical (unpaired) electrons. The molecule has 1 rings (SSSR count). The van der Waals surface area contributed by atoms with Crippen LogP contribution in [0.15, 0.2) is 0 Å². The summed E-state index contributed by atoms with van der Waals surface area (Å²) < 4.78 is 36.3. The molecular formula is C8H16N2O5S. The Balaban J connectivity index is 2.57. The lowest BCUT2D eigenvalue weighted by atomic mass is 10.2. The minimum absolute atomic E-state index is 0.0617. The first-order valence-electron chi connectivity index (χ1n) is 4.86. The third-order valence-corrected chi connectivity index (χ3v) is 3.85. The molecule has 0 saturated carbocycles.